The fourth-order valence-corrected chi connectivity index (χ4v) is 1.94. The molecule has 2 atom stereocenters. The third-order valence-electron chi connectivity index (χ3n) is 3.09. The van der Waals surface area contributed by atoms with Crippen LogP contribution in [0.5, 0.6) is 5.75 Å². The average Bonchev–Trinajstić information content (AvgIpc) is 2.44. The van der Waals surface area contributed by atoms with Gasteiger partial charge in [0.25, 0.3) is 0 Å². The SMILES string of the molecule is CCOC(=O)[C@@H](N)[C@@H](Nc1ccc(OC)cc1)C(C)C. The predicted octanol–water partition coefficient (Wildman–Crippen LogP) is 2.02. The van der Waals surface area contributed by atoms with Gasteiger partial charge in [0, 0.05) is 5.69 Å². The lowest BCUT2D eigenvalue weighted by atomic mass is 9.96. The Morgan fingerprint density at radius 2 is 1.90 bits per heavy atom. The molecule has 1 aromatic rings. The van der Waals surface area contributed by atoms with E-state index in [2.05, 4.69) is 5.32 Å². The minimum atomic E-state index is -0.697. The Morgan fingerprint density at radius 3 is 2.35 bits per heavy atom. The van der Waals surface area contributed by atoms with Crippen LogP contribution in [-0.2, 0) is 9.53 Å². The zero-order valence-corrected chi connectivity index (χ0v) is 12.6. The maximum atomic E-state index is 11.8. The molecule has 0 amide bonds. The van der Waals surface area contributed by atoms with E-state index in [1.807, 2.05) is 38.1 Å². The second-order valence-electron chi connectivity index (χ2n) is 4.92. The number of carbonyl (C=O) groups excluding carboxylic acids is 1. The third kappa shape index (κ3) is 4.42. The van der Waals surface area contributed by atoms with Crippen LogP contribution in [0.25, 0.3) is 0 Å². The first-order valence-corrected chi connectivity index (χ1v) is 6.82. The smallest absolute Gasteiger partial charge is 0.325 e. The van der Waals surface area contributed by atoms with Crippen molar-refractivity contribution >= 4 is 11.7 Å². The molecule has 3 N–H and O–H groups in total. The Balaban J connectivity index is 2.78. The molecule has 0 radical (unpaired) electrons. The van der Waals surface area contributed by atoms with Gasteiger partial charge in [-0.25, -0.2) is 0 Å². The largest absolute Gasteiger partial charge is 0.497 e. The van der Waals surface area contributed by atoms with Crippen LogP contribution in [0.15, 0.2) is 24.3 Å². The summed E-state index contributed by atoms with van der Waals surface area (Å²) in [6, 6.07) is 6.61. The van der Waals surface area contributed by atoms with Crippen molar-refractivity contribution in [1.29, 1.82) is 0 Å². The molecule has 1 rings (SSSR count). The van der Waals surface area contributed by atoms with Crippen LogP contribution in [0.4, 0.5) is 5.69 Å². The predicted molar refractivity (Wildman–Crippen MR) is 79.9 cm³/mol. The van der Waals surface area contributed by atoms with Crippen molar-refractivity contribution in [3.63, 3.8) is 0 Å². The van der Waals surface area contributed by atoms with Crippen LogP contribution in [-0.4, -0.2) is 31.8 Å². The molecule has 0 aliphatic heterocycles. The molecule has 0 aliphatic carbocycles. The fraction of sp³-hybridized carbons (Fsp3) is 0.533. The highest BCUT2D eigenvalue weighted by molar-refractivity contribution is 5.77. The second kappa shape index (κ2) is 7.75. The first-order chi connectivity index (χ1) is 9.49. The van der Waals surface area contributed by atoms with Crippen LogP contribution in [0.1, 0.15) is 20.8 Å². The first-order valence-electron chi connectivity index (χ1n) is 6.82. The van der Waals surface area contributed by atoms with Gasteiger partial charge < -0.3 is 20.5 Å². The van der Waals surface area contributed by atoms with Crippen LogP contribution < -0.4 is 15.8 Å². The van der Waals surface area contributed by atoms with E-state index < -0.39 is 6.04 Å². The van der Waals surface area contributed by atoms with Crippen molar-refractivity contribution < 1.29 is 14.3 Å². The van der Waals surface area contributed by atoms with Crippen LogP contribution in [0.3, 0.4) is 0 Å². The molecule has 112 valence electrons. The molecule has 0 unspecified atom stereocenters. The van der Waals surface area contributed by atoms with Gasteiger partial charge in [-0.1, -0.05) is 13.8 Å². The van der Waals surface area contributed by atoms with Gasteiger partial charge in [0.05, 0.1) is 19.8 Å². The highest BCUT2D eigenvalue weighted by Crippen LogP contribution is 2.19. The maximum absolute atomic E-state index is 11.8. The lowest BCUT2D eigenvalue weighted by Crippen LogP contribution is -2.49. The number of ether oxygens (including phenoxy) is 2. The maximum Gasteiger partial charge on any atom is 0.325 e. The zero-order valence-electron chi connectivity index (χ0n) is 12.6. The van der Waals surface area contributed by atoms with Gasteiger partial charge in [0.2, 0.25) is 0 Å². The van der Waals surface area contributed by atoms with E-state index in [1.165, 1.54) is 0 Å². The van der Waals surface area contributed by atoms with Gasteiger partial charge in [0.1, 0.15) is 11.8 Å². The standard InChI is InChI=1S/C15H24N2O3/c1-5-20-15(18)13(16)14(10(2)3)17-11-6-8-12(19-4)9-7-11/h6-10,13-14,17H,5,16H2,1-4H3/t13-,14-/m0/s1. The Hall–Kier alpha value is -1.75. The molecule has 0 heterocycles. The van der Waals surface area contributed by atoms with Crippen molar-refractivity contribution in [1.82, 2.24) is 0 Å². The number of methoxy groups -OCH3 is 1. The van der Waals surface area contributed by atoms with E-state index in [1.54, 1.807) is 14.0 Å². The normalized spacial score (nSPS) is 13.7. The quantitative estimate of drug-likeness (QED) is 0.748. The van der Waals surface area contributed by atoms with Crippen molar-refractivity contribution in [2.24, 2.45) is 11.7 Å². The molecule has 5 nitrogen and oxygen atoms in total. The summed E-state index contributed by atoms with van der Waals surface area (Å²) >= 11 is 0. The lowest BCUT2D eigenvalue weighted by Gasteiger charge is -2.28. The zero-order chi connectivity index (χ0) is 15.1. The highest BCUT2D eigenvalue weighted by atomic mass is 16.5. The molecule has 20 heavy (non-hydrogen) atoms. The van der Waals surface area contributed by atoms with Gasteiger partial charge >= 0.3 is 5.97 Å². The summed E-state index contributed by atoms with van der Waals surface area (Å²) in [6.07, 6.45) is 0. The van der Waals surface area contributed by atoms with Crippen molar-refractivity contribution in [2.75, 3.05) is 19.0 Å². The number of anilines is 1. The molecular weight excluding hydrogens is 256 g/mol. The number of esters is 1. The molecule has 0 saturated heterocycles. The van der Waals surface area contributed by atoms with Gasteiger partial charge in [-0.15, -0.1) is 0 Å². The third-order valence-corrected chi connectivity index (χ3v) is 3.09. The number of nitrogens with one attached hydrogen (secondary N) is 1. The van der Waals surface area contributed by atoms with E-state index in [-0.39, 0.29) is 17.9 Å². The number of nitrogens with two attached hydrogens (primary N) is 1. The van der Waals surface area contributed by atoms with E-state index >= 15 is 0 Å². The number of benzene rings is 1. The van der Waals surface area contributed by atoms with Gasteiger partial charge in [-0.3, -0.25) is 4.79 Å². The van der Waals surface area contributed by atoms with E-state index in [4.69, 9.17) is 15.2 Å². The minimum absolute atomic E-state index is 0.191. The first kappa shape index (κ1) is 16.3. The monoisotopic (exact) mass is 280 g/mol. The number of hydrogen-bond acceptors (Lipinski definition) is 5. The Labute approximate surface area is 120 Å². The van der Waals surface area contributed by atoms with Gasteiger partial charge in [0.15, 0.2) is 0 Å². The molecular formula is C15H24N2O3. The molecule has 0 aromatic heterocycles. The molecule has 0 aliphatic rings. The van der Waals surface area contributed by atoms with Crippen LogP contribution >= 0.6 is 0 Å². The fourth-order valence-electron chi connectivity index (χ4n) is 1.94. The molecule has 0 fully saturated rings. The second-order valence-corrected chi connectivity index (χ2v) is 4.92. The molecule has 0 spiro atoms. The van der Waals surface area contributed by atoms with Gasteiger partial charge in [-0.2, -0.15) is 0 Å². The Morgan fingerprint density at radius 1 is 1.30 bits per heavy atom. The summed E-state index contributed by atoms with van der Waals surface area (Å²) in [5.41, 5.74) is 6.88. The van der Waals surface area contributed by atoms with Crippen molar-refractivity contribution in [2.45, 2.75) is 32.9 Å². The molecule has 1 aromatic carbocycles. The minimum Gasteiger partial charge on any atom is -0.497 e. The summed E-state index contributed by atoms with van der Waals surface area (Å²) < 4.78 is 10.1. The van der Waals surface area contributed by atoms with Crippen LogP contribution in [0, 0.1) is 5.92 Å². The number of carbonyl (C=O) groups is 1. The highest BCUT2D eigenvalue weighted by Gasteiger charge is 2.28. The summed E-state index contributed by atoms with van der Waals surface area (Å²) in [5.74, 6) is 0.593. The van der Waals surface area contributed by atoms with Crippen molar-refractivity contribution in [3.05, 3.63) is 24.3 Å². The van der Waals surface area contributed by atoms with Crippen LogP contribution in [0.2, 0.25) is 0 Å². The van der Waals surface area contributed by atoms with E-state index in [9.17, 15) is 4.79 Å². The Kier molecular flexibility index (Phi) is 6.31. The summed E-state index contributed by atoms with van der Waals surface area (Å²) in [6.45, 7) is 6.13. The summed E-state index contributed by atoms with van der Waals surface area (Å²) in [7, 11) is 1.62. The number of hydrogen-bond donors (Lipinski definition) is 2. The average molecular weight is 280 g/mol. The molecule has 0 saturated carbocycles. The van der Waals surface area contributed by atoms with E-state index in [0.717, 1.165) is 11.4 Å². The Bertz CT molecular complexity index is 418. The molecule has 0 bridgehead atoms. The lowest BCUT2D eigenvalue weighted by molar-refractivity contribution is -0.145. The summed E-state index contributed by atoms with van der Waals surface area (Å²) in [4.78, 5) is 11.8. The molecule has 5 heteroatoms. The number of rotatable bonds is 7. The van der Waals surface area contributed by atoms with Gasteiger partial charge in [-0.05, 0) is 37.1 Å². The van der Waals surface area contributed by atoms with Crippen molar-refractivity contribution in [3.8, 4) is 5.75 Å². The summed E-state index contributed by atoms with van der Waals surface area (Å²) in [5, 5.41) is 3.29. The topological polar surface area (TPSA) is 73.6 Å². The van der Waals surface area contributed by atoms with E-state index in [0.29, 0.717) is 6.61 Å².